The Morgan fingerprint density at radius 2 is 2.14 bits per heavy atom. The summed E-state index contributed by atoms with van der Waals surface area (Å²) in [4.78, 5) is 24.5. The minimum absolute atomic E-state index is 0.0493. The van der Waals surface area contributed by atoms with Crippen molar-refractivity contribution in [3.05, 3.63) is 48.7 Å². The monoisotopic (exact) mass is 284 g/mol. The first-order valence-electron chi connectivity index (χ1n) is 6.80. The zero-order chi connectivity index (χ0) is 14.7. The van der Waals surface area contributed by atoms with Gasteiger partial charge in [0.2, 0.25) is 5.91 Å². The number of aryl methyl sites for hydroxylation is 1. The van der Waals surface area contributed by atoms with Gasteiger partial charge in [-0.1, -0.05) is 6.92 Å². The smallest absolute Gasteiger partial charge is 0.240 e. The molecule has 0 aliphatic rings. The summed E-state index contributed by atoms with van der Waals surface area (Å²) < 4.78 is 3.76. The minimum atomic E-state index is -0.0493. The van der Waals surface area contributed by atoms with E-state index >= 15 is 0 Å². The van der Waals surface area contributed by atoms with Crippen molar-refractivity contribution in [3.8, 4) is 0 Å². The molecule has 3 aromatic rings. The molecule has 108 valence electrons. The molecule has 0 aliphatic heterocycles. The van der Waals surface area contributed by atoms with Gasteiger partial charge in [0.1, 0.15) is 12.4 Å². The molecule has 3 aromatic heterocycles. The number of rotatable bonds is 5. The number of hydrogen-bond donors (Lipinski definition) is 1. The Balaban J connectivity index is 1.63. The van der Waals surface area contributed by atoms with Gasteiger partial charge in [-0.3, -0.25) is 14.2 Å². The van der Waals surface area contributed by atoms with Gasteiger partial charge in [0.25, 0.3) is 0 Å². The molecule has 0 bridgehead atoms. The van der Waals surface area contributed by atoms with E-state index in [4.69, 9.17) is 0 Å². The maximum atomic E-state index is 12.0. The molecule has 0 aliphatic carbocycles. The second-order valence-electron chi connectivity index (χ2n) is 4.66. The second-order valence-corrected chi connectivity index (χ2v) is 4.66. The highest BCUT2D eigenvalue weighted by Crippen LogP contribution is 2.04. The van der Waals surface area contributed by atoms with Gasteiger partial charge < -0.3 is 9.88 Å². The van der Waals surface area contributed by atoms with Gasteiger partial charge >= 0.3 is 0 Å². The summed E-state index contributed by atoms with van der Waals surface area (Å²) in [5.41, 5.74) is 1.69. The fraction of sp³-hybridized carbons (Fsp3) is 0.286. The van der Waals surface area contributed by atoms with Crippen LogP contribution in [0.15, 0.2) is 37.2 Å². The Morgan fingerprint density at radius 1 is 1.24 bits per heavy atom. The Hall–Kier alpha value is -2.70. The molecular formula is C14H16N6O. The summed E-state index contributed by atoms with van der Waals surface area (Å²) in [6.07, 6.45) is 11.3. The fourth-order valence-corrected chi connectivity index (χ4v) is 2.22. The highest BCUT2D eigenvalue weighted by Gasteiger charge is 2.08. The lowest BCUT2D eigenvalue weighted by Crippen LogP contribution is -2.28. The van der Waals surface area contributed by atoms with E-state index in [1.165, 1.54) is 0 Å². The Bertz CT molecular complexity index is 760. The van der Waals surface area contributed by atoms with E-state index in [2.05, 4.69) is 20.3 Å². The first-order chi connectivity index (χ1) is 10.3. The van der Waals surface area contributed by atoms with Gasteiger partial charge in [0, 0.05) is 31.2 Å². The SMILES string of the molecule is CCc1nccn1CC(=O)NCc1cnc2cnccn12. The topological polar surface area (TPSA) is 77.1 Å². The molecule has 0 fully saturated rings. The minimum Gasteiger partial charge on any atom is -0.349 e. The fourth-order valence-electron chi connectivity index (χ4n) is 2.22. The van der Waals surface area contributed by atoms with Gasteiger partial charge in [0.15, 0.2) is 5.65 Å². The van der Waals surface area contributed by atoms with E-state index in [1.54, 1.807) is 24.8 Å². The lowest BCUT2D eigenvalue weighted by atomic mass is 10.4. The van der Waals surface area contributed by atoms with Gasteiger partial charge in [-0.05, 0) is 0 Å². The Labute approximate surface area is 121 Å². The lowest BCUT2D eigenvalue weighted by molar-refractivity contribution is -0.121. The predicted octanol–water partition coefficient (Wildman–Crippen LogP) is 0.805. The van der Waals surface area contributed by atoms with Crippen molar-refractivity contribution < 1.29 is 4.79 Å². The molecule has 21 heavy (non-hydrogen) atoms. The van der Waals surface area contributed by atoms with Crippen molar-refractivity contribution in [1.82, 2.24) is 29.2 Å². The molecule has 7 heteroatoms. The normalized spacial score (nSPS) is 10.9. The van der Waals surface area contributed by atoms with Gasteiger partial charge in [0.05, 0.1) is 24.6 Å². The molecule has 7 nitrogen and oxygen atoms in total. The zero-order valence-corrected chi connectivity index (χ0v) is 11.7. The molecule has 0 unspecified atom stereocenters. The number of aromatic nitrogens is 5. The van der Waals surface area contributed by atoms with Crippen LogP contribution in [0, 0.1) is 0 Å². The van der Waals surface area contributed by atoms with E-state index in [0.29, 0.717) is 6.54 Å². The number of fused-ring (bicyclic) bond motifs is 1. The number of nitrogens with one attached hydrogen (secondary N) is 1. The summed E-state index contributed by atoms with van der Waals surface area (Å²) in [6, 6.07) is 0. The summed E-state index contributed by atoms with van der Waals surface area (Å²) >= 11 is 0. The number of amides is 1. The molecule has 1 N–H and O–H groups in total. The average molecular weight is 284 g/mol. The van der Waals surface area contributed by atoms with E-state index in [-0.39, 0.29) is 12.5 Å². The number of carbonyl (C=O) groups excluding carboxylic acids is 1. The highest BCUT2D eigenvalue weighted by molar-refractivity contribution is 5.75. The summed E-state index contributed by atoms with van der Waals surface area (Å²) in [7, 11) is 0. The third kappa shape index (κ3) is 2.76. The van der Waals surface area contributed by atoms with Crippen LogP contribution in [0.2, 0.25) is 0 Å². The molecule has 1 amide bonds. The van der Waals surface area contributed by atoms with Crippen LogP contribution in [0.3, 0.4) is 0 Å². The molecule has 0 saturated heterocycles. The van der Waals surface area contributed by atoms with Crippen molar-refractivity contribution in [2.45, 2.75) is 26.4 Å². The van der Waals surface area contributed by atoms with Crippen LogP contribution in [-0.4, -0.2) is 29.8 Å². The summed E-state index contributed by atoms with van der Waals surface area (Å²) in [5.74, 6) is 0.859. The van der Waals surface area contributed by atoms with E-state index in [9.17, 15) is 4.79 Å². The van der Waals surface area contributed by atoms with Crippen LogP contribution < -0.4 is 5.32 Å². The van der Waals surface area contributed by atoms with Crippen LogP contribution in [0.1, 0.15) is 18.4 Å². The maximum absolute atomic E-state index is 12.0. The van der Waals surface area contributed by atoms with E-state index in [0.717, 1.165) is 23.6 Å². The zero-order valence-electron chi connectivity index (χ0n) is 11.7. The molecule has 0 saturated carbocycles. The molecule has 3 heterocycles. The van der Waals surface area contributed by atoms with E-state index in [1.807, 2.05) is 28.3 Å². The Kier molecular flexibility index (Phi) is 3.63. The van der Waals surface area contributed by atoms with Crippen molar-refractivity contribution in [3.63, 3.8) is 0 Å². The second kappa shape index (κ2) is 5.74. The largest absolute Gasteiger partial charge is 0.349 e. The summed E-state index contributed by atoms with van der Waals surface area (Å²) in [5, 5.41) is 2.90. The molecular weight excluding hydrogens is 268 g/mol. The molecule has 0 spiro atoms. The maximum Gasteiger partial charge on any atom is 0.240 e. The first-order valence-corrected chi connectivity index (χ1v) is 6.80. The van der Waals surface area contributed by atoms with Crippen LogP contribution in [0.4, 0.5) is 0 Å². The van der Waals surface area contributed by atoms with Gasteiger partial charge in [-0.2, -0.15) is 0 Å². The van der Waals surface area contributed by atoms with Crippen molar-refractivity contribution >= 4 is 11.6 Å². The van der Waals surface area contributed by atoms with Crippen LogP contribution in [0.5, 0.6) is 0 Å². The lowest BCUT2D eigenvalue weighted by Gasteiger charge is -2.08. The van der Waals surface area contributed by atoms with Crippen molar-refractivity contribution in [1.29, 1.82) is 0 Å². The average Bonchev–Trinajstić information content (AvgIpc) is 3.11. The van der Waals surface area contributed by atoms with Crippen LogP contribution >= 0.6 is 0 Å². The predicted molar refractivity (Wildman–Crippen MR) is 76.4 cm³/mol. The number of imidazole rings is 2. The standard InChI is InChI=1S/C14H16N6O/c1-2-12-16-4-5-19(12)10-14(21)18-8-11-7-17-13-9-15-3-6-20(11)13/h3-7,9H,2,8,10H2,1H3,(H,18,21). The van der Waals surface area contributed by atoms with Crippen molar-refractivity contribution in [2.24, 2.45) is 0 Å². The van der Waals surface area contributed by atoms with Gasteiger partial charge in [-0.15, -0.1) is 0 Å². The number of nitrogens with zero attached hydrogens (tertiary/aromatic N) is 5. The first kappa shape index (κ1) is 13.3. The van der Waals surface area contributed by atoms with Crippen LogP contribution in [0.25, 0.3) is 5.65 Å². The van der Waals surface area contributed by atoms with Crippen molar-refractivity contribution in [2.75, 3.05) is 0 Å². The third-order valence-corrected chi connectivity index (χ3v) is 3.29. The number of hydrogen-bond acceptors (Lipinski definition) is 4. The number of carbonyl (C=O) groups is 1. The molecule has 0 atom stereocenters. The molecule has 0 radical (unpaired) electrons. The third-order valence-electron chi connectivity index (χ3n) is 3.29. The quantitative estimate of drug-likeness (QED) is 0.752. The van der Waals surface area contributed by atoms with E-state index < -0.39 is 0 Å². The van der Waals surface area contributed by atoms with Gasteiger partial charge in [-0.25, -0.2) is 9.97 Å². The molecule has 3 rings (SSSR count). The summed E-state index contributed by atoms with van der Waals surface area (Å²) in [6.45, 7) is 2.73. The highest BCUT2D eigenvalue weighted by atomic mass is 16.1. The Morgan fingerprint density at radius 3 is 3.00 bits per heavy atom. The van der Waals surface area contributed by atoms with Crippen LogP contribution in [-0.2, 0) is 24.3 Å². The molecule has 0 aromatic carbocycles.